The van der Waals surface area contributed by atoms with Crippen molar-refractivity contribution < 1.29 is 9.13 Å². The van der Waals surface area contributed by atoms with E-state index in [0.717, 1.165) is 35.4 Å². The molecule has 0 bridgehead atoms. The van der Waals surface area contributed by atoms with Crippen LogP contribution in [0, 0.1) is 5.82 Å². The highest BCUT2D eigenvalue weighted by atomic mass is 35.5. The van der Waals surface area contributed by atoms with E-state index in [1.165, 1.54) is 12.1 Å². The molecular weight excluding hydrogens is 420 g/mol. The molecule has 0 aliphatic heterocycles. The van der Waals surface area contributed by atoms with Crippen LogP contribution in [0.25, 0.3) is 0 Å². The van der Waals surface area contributed by atoms with Crippen LogP contribution in [0.2, 0.25) is 10.0 Å². The van der Waals surface area contributed by atoms with Gasteiger partial charge in [-0.25, -0.2) is 4.39 Å². The minimum absolute atomic E-state index is 0. The van der Waals surface area contributed by atoms with E-state index in [9.17, 15) is 4.39 Å². The Morgan fingerprint density at radius 3 is 2.39 bits per heavy atom. The van der Waals surface area contributed by atoms with Crippen LogP contribution in [0.15, 0.2) is 66.7 Å². The first-order chi connectivity index (χ1) is 13.1. The Balaban J connectivity index is 0.00000280. The van der Waals surface area contributed by atoms with E-state index in [0.29, 0.717) is 23.2 Å². The third kappa shape index (κ3) is 6.68. The summed E-state index contributed by atoms with van der Waals surface area (Å²) in [5, 5.41) is 4.75. The number of nitrogens with one attached hydrogen (secondary N) is 1. The molecule has 3 aromatic carbocycles. The predicted molar refractivity (Wildman–Crippen MR) is 116 cm³/mol. The summed E-state index contributed by atoms with van der Waals surface area (Å²) in [7, 11) is 0. The molecule has 148 valence electrons. The van der Waals surface area contributed by atoms with E-state index in [1.54, 1.807) is 18.2 Å². The third-order valence-electron chi connectivity index (χ3n) is 4.18. The van der Waals surface area contributed by atoms with Crippen molar-refractivity contribution in [2.24, 2.45) is 0 Å². The third-order valence-corrected chi connectivity index (χ3v) is 4.77. The fourth-order valence-corrected chi connectivity index (χ4v) is 3.21. The van der Waals surface area contributed by atoms with Crippen molar-refractivity contribution in [2.75, 3.05) is 6.54 Å². The molecule has 1 N–H and O–H groups in total. The Morgan fingerprint density at radius 1 is 0.893 bits per heavy atom. The maximum Gasteiger partial charge on any atom is 0.124 e. The van der Waals surface area contributed by atoms with Crippen LogP contribution in [-0.4, -0.2) is 6.54 Å². The summed E-state index contributed by atoms with van der Waals surface area (Å²) in [6.07, 6.45) is 0.814. The van der Waals surface area contributed by atoms with Gasteiger partial charge in [0.1, 0.15) is 18.2 Å². The summed E-state index contributed by atoms with van der Waals surface area (Å²) in [4.78, 5) is 0. The summed E-state index contributed by atoms with van der Waals surface area (Å²) in [6.45, 7) is 1.87. The lowest BCUT2D eigenvalue weighted by Crippen LogP contribution is -2.17. The molecule has 0 spiro atoms. The number of hydrogen-bond donors (Lipinski definition) is 1. The molecule has 0 amide bonds. The maximum absolute atomic E-state index is 13.0. The second kappa shape index (κ2) is 11.3. The maximum atomic E-state index is 13.0. The van der Waals surface area contributed by atoms with E-state index < -0.39 is 0 Å². The average Bonchev–Trinajstić information content (AvgIpc) is 2.67. The molecule has 0 heterocycles. The molecule has 0 aromatic heterocycles. The number of halogens is 4. The van der Waals surface area contributed by atoms with Crippen LogP contribution in [0.5, 0.6) is 5.75 Å². The largest absolute Gasteiger partial charge is 0.489 e. The summed E-state index contributed by atoms with van der Waals surface area (Å²) in [5.74, 6) is 0.572. The first-order valence-corrected chi connectivity index (χ1v) is 9.47. The van der Waals surface area contributed by atoms with Crippen molar-refractivity contribution in [3.8, 4) is 5.75 Å². The van der Waals surface area contributed by atoms with Gasteiger partial charge in [0.15, 0.2) is 0 Å². The van der Waals surface area contributed by atoms with Gasteiger partial charge in [0.2, 0.25) is 0 Å². The van der Waals surface area contributed by atoms with E-state index in [2.05, 4.69) is 5.32 Å². The molecule has 3 rings (SSSR count). The average molecular weight is 441 g/mol. The number of rotatable bonds is 8. The van der Waals surface area contributed by atoms with E-state index in [1.807, 2.05) is 36.4 Å². The highest BCUT2D eigenvalue weighted by Gasteiger charge is 2.05. The van der Waals surface area contributed by atoms with Gasteiger partial charge >= 0.3 is 0 Å². The van der Waals surface area contributed by atoms with Gasteiger partial charge in [0.25, 0.3) is 0 Å². The molecule has 0 radical (unpaired) electrons. The van der Waals surface area contributed by atoms with Crippen molar-refractivity contribution in [1.29, 1.82) is 0 Å². The minimum atomic E-state index is -0.246. The molecule has 0 atom stereocenters. The molecular formula is C22H21Cl3FNO. The van der Waals surface area contributed by atoms with E-state index in [4.69, 9.17) is 27.9 Å². The monoisotopic (exact) mass is 439 g/mol. The van der Waals surface area contributed by atoms with Gasteiger partial charge in [-0.15, -0.1) is 12.4 Å². The highest BCUT2D eigenvalue weighted by Crippen LogP contribution is 2.22. The van der Waals surface area contributed by atoms with Crippen LogP contribution in [0.4, 0.5) is 4.39 Å². The molecule has 0 unspecified atom stereocenters. The fraction of sp³-hybridized carbons (Fsp3) is 0.182. The topological polar surface area (TPSA) is 21.3 Å². The zero-order valence-corrected chi connectivity index (χ0v) is 17.5. The van der Waals surface area contributed by atoms with Gasteiger partial charge in [-0.3, -0.25) is 0 Å². The Hall–Kier alpha value is -1.78. The second-order valence-corrected chi connectivity index (χ2v) is 7.03. The summed E-state index contributed by atoms with van der Waals surface area (Å²) in [6, 6.07) is 19.8. The fourth-order valence-electron chi connectivity index (χ4n) is 2.70. The van der Waals surface area contributed by atoms with Gasteiger partial charge in [-0.05, 0) is 54.4 Å². The Morgan fingerprint density at radius 2 is 1.64 bits per heavy atom. The molecule has 0 saturated heterocycles. The standard InChI is InChI=1S/C22H20Cl2FNO.ClH/c23-19-8-7-17(21(24)13-19)11-12-26-14-18-3-1-2-4-22(18)27-15-16-5-9-20(25)10-6-16;/h1-10,13,26H,11-12,14-15H2;1H. The molecule has 0 aliphatic carbocycles. The lowest BCUT2D eigenvalue weighted by molar-refractivity contribution is 0.302. The first kappa shape index (κ1) is 22.5. The number of ether oxygens (including phenoxy) is 1. The molecule has 0 fully saturated rings. The van der Waals surface area contributed by atoms with Crippen LogP contribution in [0.3, 0.4) is 0 Å². The lowest BCUT2D eigenvalue weighted by Gasteiger charge is -2.13. The van der Waals surface area contributed by atoms with Gasteiger partial charge in [-0.2, -0.15) is 0 Å². The van der Waals surface area contributed by atoms with Crippen molar-refractivity contribution >= 4 is 35.6 Å². The molecule has 28 heavy (non-hydrogen) atoms. The minimum Gasteiger partial charge on any atom is -0.489 e. The van der Waals surface area contributed by atoms with E-state index in [-0.39, 0.29) is 18.2 Å². The Labute approximate surface area is 181 Å². The van der Waals surface area contributed by atoms with Crippen LogP contribution in [0.1, 0.15) is 16.7 Å². The van der Waals surface area contributed by atoms with Crippen molar-refractivity contribution in [2.45, 2.75) is 19.6 Å². The predicted octanol–water partition coefficient (Wildman–Crippen LogP) is 6.47. The van der Waals surface area contributed by atoms with Crippen molar-refractivity contribution in [3.05, 3.63) is 99.3 Å². The van der Waals surface area contributed by atoms with E-state index >= 15 is 0 Å². The second-order valence-electron chi connectivity index (χ2n) is 6.19. The first-order valence-electron chi connectivity index (χ1n) is 8.71. The SMILES string of the molecule is Cl.Fc1ccc(COc2ccccc2CNCCc2ccc(Cl)cc2Cl)cc1. The normalized spacial score (nSPS) is 10.4. The molecule has 3 aromatic rings. The summed E-state index contributed by atoms with van der Waals surface area (Å²) in [5.41, 5.74) is 3.06. The molecule has 0 aliphatic rings. The number of hydrogen-bond acceptors (Lipinski definition) is 2. The van der Waals surface area contributed by atoms with Gasteiger partial charge in [0.05, 0.1) is 0 Å². The quantitative estimate of drug-likeness (QED) is 0.406. The van der Waals surface area contributed by atoms with Crippen LogP contribution < -0.4 is 10.1 Å². The van der Waals surface area contributed by atoms with Crippen LogP contribution >= 0.6 is 35.6 Å². The number of para-hydroxylation sites is 1. The Bertz CT molecular complexity index is 887. The summed E-state index contributed by atoms with van der Waals surface area (Å²) >= 11 is 12.1. The smallest absolute Gasteiger partial charge is 0.124 e. The summed E-state index contributed by atoms with van der Waals surface area (Å²) < 4.78 is 18.9. The van der Waals surface area contributed by atoms with Crippen LogP contribution in [-0.2, 0) is 19.6 Å². The highest BCUT2D eigenvalue weighted by molar-refractivity contribution is 6.35. The van der Waals surface area contributed by atoms with Gasteiger partial charge < -0.3 is 10.1 Å². The Kier molecular flexibility index (Phi) is 9.07. The van der Waals surface area contributed by atoms with Crippen molar-refractivity contribution in [3.63, 3.8) is 0 Å². The van der Waals surface area contributed by atoms with Crippen molar-refractivity contribution in [1.82, 2.24) is 5.32 Å². The molecule has 0 saturated carbocycles. The lowest BCUT2D eigenvalue weighted by atomic mass is 10.1. The van der Waals surface area contributed by atoms with Gasteiger partial charge in [0, 0.05) is 22.2 Å². The molecule has 2 nitrogen and oxygen atoms in total. The molecule has 6 heteroatoms. The van der Waals surface area contributed by atoms with Gasteiger partial charge in [-0.1, -0.05) is 59.6 Å². The number of benzene rings is 3. The zero-order chi connectivity index (χ0) is 19.1. The zero-order valence-electron chi connectivity index (χ0n) is 15.1.